The molecule has 1 fully saturated rings. The summed E-state index contributed by atoms with van der Waals surface area (Å²) in [6.45, 7) is 4.50. The SMILES string of the molecule is CCC(C(=O)NC1CCCCC1)N(CCc1ccccc1)C(=O)CCCN(c1cccc(C)c1)S(C)(=O)=O. The number of carbonyl (C=O) groups excluding carboxylic acids is 2. The van der Waals surface area contributed by atoms with Gasteiger partial charge in [-0.2, -0.15) is 0 Å². The van der Waals surface area contributed by atoms with Gasteiger partial charge in [-0.3, -0.25) is 13.9 Å². The van der Waals surface area contributed by atoms with Crippen LogP contribution in [0.2, 0.25) is 0 Å². The number of aryl methyl sites for hydroxylation is 1. The minimum atomic E-state index is -3.51. The molecular weight excluding hydrogens is 498 g/mol. The summed E-state index contributed by atoms with van der Waals surface area (Å²) in [5.74, 6) is -0.206. The summed E-state index contributed by atoms with van der Waals surface area (Å²) in [4.78, 5) is 28.6. The molecule has 0 aliphatic heterocycles. The molecule has 0 radical (unpaired) electrons. The molecule has 0 heterocycles. The maximum absolute atomic E-state index is 13.6. The zero-order valence-electron chi connectivity index (χ0n) is 23.1. The van der Waals surface area contributed by atoms with Crippen molar-refractivity contribution in [3.63, 3.8) is 0 Å². The molecule has 0 saturated heterocycles. The van der Waals surface area contributed by atoms with Crippen molar-refractivity contribution in [1.82, 2.24) is 10.2 Å². The Morgan fingerprint density at radius 3 is 2.34 bits per heavy atom. The van der Waals surface area contributed by atoms with Gasteiger partial charge in [0.05, 0.1) is 11.9 Å². The second kappa shape index (κ2) is 14.3. The largest absolute Gasteiger partial charge is 0.352 e. The third-order valence-corrected chi connectivity index (χ3v) is 8.46. The predicted octanol–water partition coefficient (Wildman–Crippen LogP) is 4.84. The van der Waals surface area contributed by atoms with E-state index in [1.165, 1.54) is 17.0 Å². The van der Waals surface area contributed by atoms with Gasteiger partial charge in [0.2, 0.25) is 21.8 Å². The van der Waals surface area contributed by atoms with E-state index in [1.807, 2.05) is 62.4 Å². The first kappa shape index (κ1) is 29.7. The molecule has 2 amide bonds. The number of nitrogens with one attached hydrogen (secondary N) is 1. The number of amides is 2. The summed E-state index contributed by atoms with van der Waals surface area (Å²) < 4.78 is 26.4. The van der Waals surface area contributed by atoms with E-state index >= 15 is 0 Å². The van der Waals surface area contributed by atoms with E-state index in [0.29, 0.717) is 31.5 Å². The Labute approximate surface area is 228 Å². The molecule has 1 aliphatic carbocycles. The Morgan fingerprint density at radius 2 is 1.71 bits per heavy atom. The number of benzene rings is 2. The minimum Gasteiger partial charge on any atom is -0.352 e. The van der Waals surface area contributed by atoms with Crippen LogP contribution in [0, 0.1) is 6.92 Å². The first-order valence-electron chi connectivity index (χ1n) is 13.9. The van der Waals surface area contributed by atoms with Crippen molar-refractivity contribution in [3.8, 4) is 0 Å². The molecule has 3 rings (SSSR count). The highest BCUT2D eigenvalue weighted by atomic mass is 32.2. The van der Waals surface area contributed by atoms with Crippen molar-refractivity contribution in [2.24, 2.45) is 0 Å². The van der Waals surface area contributed by atoms with Gasteiger partial charge in [0.25, 0.3) is 0 Å². The maximum Gasteiger partial charge on any atom is 0.243 e. The van der Waals surface area contributed by atoms with E-state index < -0.39 is 16.1 Å². The fourth-order valence-electron chi connectivity index (χ4n) is 5.23. The van der Waals surface area contributed by atoms with Crippen LogP contribution in [0.1, 0.15) is 69.4 Å². The van der Waals surface area contributed by atoms with E-state index in [1.54, 1.807) is 11.0 Å². The highest BCUT2D eigenvalue weighted by Gasteiger charge is 2.30. The molecule has 2 aromatic carbocycles. The summed E-state index contributed by atoms with van der Waals surface area (Å²) in [7, 11) is -3.51. The van der Waals surface area contributed by atoms with Gasteiger partial charge in [0.1, 0.15) is 6.04 Å². The molecule has 0 aromatic heterocycles. The third kappa shape index (κ3) is 8.86. The molecule has 1 aliphatic rings. The molecule has 208 valence electrons. The van der Waals surface area contributed by atoms with Crippen LogP contribution >= 0.6 is 0 Å². The Hall–Kier alpha value is -2.87. The Bertz CT molecular complexity index is 1150. The molecule has 38 heavy (non-hydrogen) atoms. The third-order valence-electron chi connectivity index (χ3n) is 7.26. The molecule has 1 N–H and O–H groups in total. The van der Waals surface area contributed by atoms with Gasteiger partial charge < -0.3 is 10.2 Å². The van der Waals surface area contributed by atoms with Gasteiger partial charge in [0, 0.05) is 25.6 Å². The first-order valence-corrected chi connectivity index (χ1v) is 15.7. The number of nitrogens with zero attached hydrogens (tertiary/aromatic N) is 2. The zero-order chi connectivity index (χ0) is 27.5. The van der Waals surface area contributed by atoms with E-state index in [4.69, 9.17) is 0 Å². The van der Waals surface area contributed by atoms with Crippen LogP contribution in [0.5, 0.6) is 0 Å². The lowest BCUT2D eigenvalue weighted by molar-refractivity contribution is -0.141. The average Bonchev–Trinajstić information content (AvgIpc) is 2.89. The average molecular weight is 542 g/mol. The Morgan fingerprint density at radius 1 is 1.00 bits per heavy atom. The number of anilines is 1. The standard InChI is InChI=1S/C30H43N3O4S/c1-4-28(30(35)31-26-16-9-6-10-17-26)32(22-20-25-14-7-5-8-15-25)29(34)19-12-21-33(38(3,36)37)27-18-11-13-24(2)23-27/h5,7-8,11,13-15,18,23,26,28H,4,6,9-10,12,16-17,19-22H2,1-3H3,(H,31,35). The number of hydrogen-bond acceptors (Lipinski definition) is 4. The number of carbonyl (C=O) groups is 2. The van der Waals surface area contributed by atoms with Crippen LogP contribution in [-0.4, -0.2) is 56.6 Å². The molecule has 2 aromatic rings. The van der Waals surface area contributed by atoms with Crippen molar-refractivity contribution in [3.05, 3.63) is 65.7 Å². The van der Waals surface area contributed by atoms with E-state index in [0.717, 1.165) is 36.8 Å². The van der Waals surface area contributed by atoms with Gasteiger partial charge in [-0.05, 0) is 62.3 Å². The number of sulfonamides is 1. The molecule has 8 heteroatoms. The normalized spacial score (nSPS) is 15.0. The zero-order valence-corrected chi connectivity index (χ0v) is 23.9. The van der Waals surface area contributed by atoms with E-state index in [2.05, 4.69) is 5.32 Å². The van der Waals surface area contributed by atoms with Crippen molar-refractivity contribution >= 4 is 27.5 Å². The van der Waals surface area contributed by atoms with Crippen LogP contribution in [-0.2, 0) is 26.0 Å². The van der Waals surface area contributed by atoms with Crippen LogP contribution in [0.25, 0.3) is 0 Å². The van der Waals surface area contributed by atoms with Gasteiger partial charge in [-0.15, -0.1) is 0 Å². The number of hydrogen-bond donors (Lipinski definition) is 1. The van der Waals surface area contributed by atoms with Gasteiger partial charge in [-0.25, -0.2) is 8.42 Å². The highest BCUT2D eigenvalue weighted by Crippen LogP contribution is 2.21. The van der Waals surface area contributed by atoms with Crippen molar-refractivity contribution in [1.29, 1.82) is 0 Å². The molecule has 1 unspecified atom stereocenters. The second-order valence-electron chi connectivity index (χ2n) is 10.4. The topological polar surface area (TPSA) is 86.8 Å². The predicted molar refractivity (Wildman–Crippen MR) is 154 cm³/mol. The fraction of sp³-hybridized carbons (Fsp3) is 0.533. The molecular formula is C30H43N3O4S. The molecule has 0 spiro atoms. The van der Waals surface area contributed by atoms with Gasteiger partial charge in [-0.1, -0.05) is 68.7 Å². The lowest BCUT2D eigenvalue weighted by Gasteiger charge is -2.33. The van der Waals surface area contributed by atoms with E-state index in [-0.39, 0.29) is 30.8 Å². The minimum absolute atomic E-state index is 0.0849. The lowest BCUT2D eigenvalue weighted by Crippen LogP contribution is -2.52. The summed E-state index contributed by atoms with van der Waals surface area (Å²) in [5.41, 5.74) is 2.67. The number of rotatable bonds is 13. The molecule has 7 nitrogen and oxygen atoms in total. The summed E-state index contributed by atoms with van der Waals surface area (Å²) in [6.07, 6.45) is 8.32. The summed E-state index contributed by atoms with van der Waals surface area (Å²) in [5, 5.41) is 3.20. The fourth-order valence-corrected chi connectivity index (χ4v) is 6.18. The maximum atomic E-state index is 13.6. The van der Waals surface area contributed by atoms with Gasteiger partial charge in [0.15, 0.2) is 0 Å². The van der Waals surface area contributed by atoms with Crippen LogP contribution in [0.15, 0.2) is 54.6 Å². The van der Waals surface area contributed by atoms with Crippen molar-refractivity contribution in [2.45, 2.75) is 83.7 Å². The smallest absolute Gasteiger partial charge is 0.243 e. The lowest BCUT2D eigenvalue weighted by atomic mass is 9.95. The Balaban J connectivity index is 1.71. The van der Waals surface area contributed by atoms with Crippen LogP contribution in [0.4, 0.5) is 5.69 Å². The molecule has 1 saturated carbocycles. The van der Waals surface area contributed by atoms with Crippen LogP contribution < -0.4 is 9.62 Å². The van der Waals surface area contributed by atoms with Crippen molar-refractivity contribution in [2.75, 3.05) is 23.7 Å². The van der Waals surface area contributed by atoms with Crippen LogP contribution in [0.3, 0.4) is 0 Å². The van der Waals surface area contributed by atoms with E-state index in [9.17, 15) is 18.0 Å². The van der Waals surface area contributed by atoms with Gasteiger partial charge >= 0.3 is 0 Å². The monoisotopic (exact) mass is 541 g/mol. The second-order valence-corrected chi connectivity index (χ2v) is 12.3. The molecule has 0 bridgehead atoms. The summed E-state index contributed by atoms with van der Waals surface area (Å²) >= 11 is 0. The Kier molecular flexibility index (Phi) is 11.2. The highest BCUT2D eigenvalue weighted by molar-refractivity contribution is 7.92. The quantitative estimate of drug-likeness (QED) is 0.393. The van der Waals surface area contributed by atoms with Crippen molar-refractivity contribution < 1.29 is 18.0 Å². The molecule has 1 atom stereocenters. The summed E-state index contributed by atoms with van der Waals surface area (Å²) in [6, 6.07) is 16.9. The first-order chi connectivity index (χ1) is 18.2.